The fraction of sp³-hybridized carbons (Fsp3) is 0.957. The lowest BCUT2D eigenvalue weighted by Crippen LogP contribution is -2.35. The van der Waals surface area contributed by atoms with Crippen LogP contribution in [0.25, 0.3) is 0 Å². The van der Waals surface area contributed by atoms with Crippen molar-refractivity contribution in [2.45, 2.75) is 110 Å². The van der Waals surface area contributed by atoms with Crippen molar-refractivity contribution in [3.8, 4) is 6.07 Å². The molecule has 0 spiro atoms. The van der Waals surface area contributed by atoms with E-state index in [9.17, 15) is 0 Å². The Balaban J connectivity index is 1.38. The number of hydrogen-bond acceptors (Lipinski definition) is 1. The highest BCUT2D eigenvalue weighted by Crippen LogP contribution is 2.51. The highest BCUT2D eigenvalue weighted by molar-refractivity contribution is 4.91. The van der Waals surface area contributed by atoms with Crippen LogP contribution in [0.3, 0.4) is 0 Å². The molecule has 0 aromatic carbocycles. The molecule has 3 aliphatic carbocycles. The molecule has 0 saturated heterocycles. The Labute approximate surface area is 150 Å². The molecule has 3 saturated carbocycles. The van der Waals surface area contributed by atoms with Gasteiger partial charge >= 0.3 is 0 Å². The third-order valence-electron chi connectivity index (χ3n) is 8.28. The molecule has 0 radical (unpaired) electrons. The Hall–Kier alpha value is -0.510. The number of rotatable bonds is 5. The van der Waals surface area contributed by atoms with Gasteiger partial charge in [0, 0.05) is 5.92 Å². The van der Waals surface area contributed by atoms with Crippen molar-refractivity contribution in [1.82, 2.24) is 0 Å². The molecule has 0 unspecified atom stereocenters. The van der Waals surface area contributed by atoms with E-state index in [0.717, 1.165) is 23.2 Å². The number of hydrogen-bond donors (Lipinski definition) is 0. The van der Waals surface area contributed by atoms with Gasteiger partial charge in [0.15, 0.2) is 0 Å². The first-order chi connectivity index (χ1) is 11.8. The second-order valence-corrected chi connectivity index (χ2v) is 9.42. The fourth-order valence-corrected chi connectivity index (χ4v) is 6.42. The maximum Gasteiger partial charge on any atom is 0.0655 e. The minimum Gasteiger partial charge on any atom is -0.198 e. The van der Waals surface area contributed by atoms with E-state index in [-0.39, 0.29) is 0 Å². The average molecular weight is 330 g/mol. The van der Waals surface area contributed by atoms with Gasteiger partial charge < -0.3 is 0 Å². The zero-order chi connectivity index (χ0) is 16.8. The van der Waals surface area contributed by atoms with E-state index in [1.807, 2.05) is 0 Å². The van der Waals surface area contributed by atoms with Crippen LogP contribution in [-0.4, -0.2) is 0 Å². The maximum atomic E-state index is 9.03. The van der Waals surface area contributed by atoms with E-state index in [1.54, 1.807) is 0 Å². The van der Waals surface area contributed by atoms with Gasteiger partial charge in [-0.25, -0.2) is 0 Å². The SMILES string of the molecule is CCC1(C2CCC(CCC3CCC(C#N)CC3)CC2)CCCCC1. The second-order valence-electron chi connectivity index (χ2n) is 9.42. The van der Waals surface area contributed by atoms with Gasteiger partial charge in [0.25, 0.3) is 0 Å². The van der Waals surface area contributed by atoms with Crippen LogP contribution in [0.4, 0.5) is 0 Å². The van der Waals surface area contributed by atoms with Gasteiger partial charge in [0.2, 0.25) is 0 Å². The molecule has 1 heteroatoms. The summed E-state index contributed by atoms with van der Waals surface area (Å²) in [6, 6.07) is 2.47. The third kappa shape index (κ3) is 4.36. The van der Waals surface area contributed by atoms with Gasteiger partial charge in [-0.2, -0.15) is 5.26 Å². The maximum absolute atomic E-state index is 9.03. The van der Waals surface area contributed by atoms with E-state index < -0.39 is 0 Å². The summed E-state index contributed by atoms with van der Waals surface area (Å²) in [5, 5.41) is 9.03. The Morgan fingerprint density at radius 1 is 0.792 bits per heavy atom. The lowest BCUT2D eigenvalue weighted by atomic mass is 9.59. The number of nitrogens with zero attached hydrogens (tertiary/aromatic N) is 1. The zero-order valence-electron chi connectivity index (χ0n) is 16.1. The quantitative estimate of drug-likeness (QED) is 0.520. The summed E-state index contributed by atoms with van der Waals surface area (Å²) in [7, 11) is 0. The van der Waals surface area contributed by atoms with Crippen molar-refractivity contribution in [2.24, 2.45) is 29.1 Å². The van der Waals surface area contributed by atoms with Gasteiger partial charge in [-0.1, -0.05) is 58.3 Å². The predicted molar refractivity (Wildman–Crippen MR) is 102 cm³/mol. The molecule has 0 N–H and O–H groups in total. The Bertz CT molecular complexity index is 398. The van der Waals surface area contributed by atoms with Crippen LogP contribution in [0.2, 0.25) is 0 Å². The standard InChI is InChI=1S/C23H39N/c1-2-23(16-4-3-5-17-23)22-14-12-20(13-15-22)7-6-19-8-10-21(18-24)11-9-19/h19-22H,2-17H2,1H3. The summed E-state index contributed by atoms with van der Waals surface area (Å²) >= 11 is 0. The van der Waals surface area contributed by atoms with Crippen molar-refractivity contribution >= 4 is 0 Å². The molecular weight excluding hydrogens is 290 g/mol. The minimum atomic E-state index is 0.373. The molecule has 3 aliphatic rings. The van der Waals surface area contributed by atoms with E-state index in [2.05, 4.69) is 13.0 Å². The van der Waals surface area contributed by atoms with Gasteiger partial charge in [0.05, 0.1) is 6.07 Å². The molecule has 3 rings (SSSR count). The Morgan fingerprint density at radius 3 is 1.83 bits per heavy atom. The Kier molecular flexibility index (Phi) is 6.65. The molecule has 0 aromatic rings. The molecule has 136 valence electrons. The van der Waals surface area contributed by atoms with Crippen molar-refractivity contribution in [1.29, 1.82) is 5.26 Å². The Morgan fingerprint density at radius 2 is 1.33 bits per heavy atom. The minimum absolute atomic E-state index is 0.373. The first kappa shape index (κ1) is 18.3. The zero-order valence-corrected chi connectivity index (χ0v) is 16.1. The monoisotopic (exact) mass is 329 g/mol. The molecule has 0 bridgehead atoms. The third-order valence-corrected chi connectivity index (χ3v) is 8.28. The van der Waals surface area contributed by atoms with Gasteiger partial charge in [-0.05, 0) is 74.5 Å². The van der Waals surface area contributed by atoms with Crippen molar-refractivity contribution in [2.75, 3.05) is 0 Å². The normalized spacial score (nSPS) is 36.8. The van der Waals surface area contributed by atoms with Crippen LogP contribution >= 0.6 is 0 Å². The van der Waals surface area contributed by atoms with Gasteiger partial charge in [-0.15, -0.1) is 0 Å². The molecule has 24 heavy (non-hydrogen) atoms. The average Bonchev–Trinajstić information content (AvgIpc) is 2.67. The van der Waals surface area contributed by atoms with Gasteiger partial charge in [-0.3, -0.25) is 0 Å². The largest absolute Gasteiger partial charge is 0.198 e. The summed E-state index contributed by atoms with van der Waals surface area (Å²) in [5.41, 5.74) is 0.735. The van der Waals surface area contributed by atoms with E-state index in [0.29, 0.717) is 5.92 Å². The van der Waals surface area contributed by atoms with Gasteiger partial charge in [0.1, 0.15) is 0 Å². The molecule has 0 amide bonds. The summed E-state index contributed by atoms with van der Waals surface area (Å²) < 4.78 is 0. The van der Waals surface area contributed by atoms with Crippen LogP contribution in [0.5, 0.6) is 0 Å². The molecule has 0 aliphatic heterocycles. The van der Waals surface area contributed by atoms with E-state index in [4.69, 9.17) is 5.26 Å². The molecule has 1 nitrogen and oxygen atoms in total. The lowest BCUT2D eigenvalue weighted by Gasteiger charge is -2.46. The van der Waals surface area contributed by atoms with Crippen LogP contribution < -0.4 is 0 Å². The summed E-state index contributed by atoms with van der Waals surface area (Å²) in [6.07, 6.45) is 23.0. The first-order valence-corrected chi connectivity index (χ1v) is 11.2. The molecule has 0 aromatic heterocycles. The molecule has 0 heterocycles. The van der Waals surface area contributed by atoms with Crippen LogP contribution in [0.1, 0.15) is 110 Å². The van der Waals surface area contributed by atoms with Crippen molar-refractivity contribution in [3.63, 3.8) is 0 Å². The summed E-state index contributed by atoms with van der Waals surface area (Å²) in [5.74, 6) is 3.38. The predicted octanol–water partition coefficient (Wildman–Crippen LogP) is 7.26. The van der Waals surface area contributed by atoms with Crippen LogP contribution in [0.15, 0.2) is 0 Å². The fourth-order valence-electron chi connectivity index (χ4n) is 6.42. The number of nitriles is 1. The van der Waals surface area contributed by atoms with Crippen LogP contribution in [0, 0.1) is 40.4 Å². The van der Waals surface area contributed by atoms with Crippen LogP contribution in [-0.2, 0) is 0 Å². The molecule has 0 atom stereocenters. The second kappa shape index (κ2) is 8.73. The van der Waals surface area contributed by atoms with E-state index in [1.165, 1.54) is 103 Å². The highest BCUT2D eigenvalue weighted by Gasteiger charge is 2.39. The van der Waals surface area contributed by atoms with E-state index >= 15 is 0 Å². The topological polar surface area (TPSA) is 23.8 Å². The lowest BCUT2D eigenvalue weighted by molar-refractivity contribution is 0.0487. The first-order valence-electron chi connectivity index (χ1n) is 11.2. The smallest absolute Gasteiger partial charge is 0.0655 e. The van der Waals surface area contributed by atoms with Crippen molar-refractivity contribution < 1.29 is 0 Å². The summed E-state index contributed by atoms with van der Waals surface area (Å²) in [6.45, 7) is 2.47. The molecule has 3 fully saturated rings. The van der Waals surface area contributed by atoms with Crippen molar-refractivity contribution in [3.05, 3.63) is 0 Å². The summed E-state index contributed by atoms with van der Waals surface area (Å²) in [4.78, 5) is 0. The highest BCUT2D eigenvalue weighted by atomic mass is 14.4. The molecular formula is C23H39N.